The quantitative estimate of drug-likeness (QED) is 0.849. The number of hydrogen-bond acceptors (Lipinski definition) is 3. The van der Waals surface area contributed by atoms with Crippen LogP contribution in [0.5, 0.6) is 0 Å². The Morgan fingerprint density at radius 3 is 2.95 bits per heavy atom. The fraction of sp³-hybridized carbons (Fsp3) is 0.600. The zero-order chi connectivity index (χ0) is 13.5. The number of carbonyl (C=O) groups is 1. The molecule has 4 nitrogen and oxygen atoms in total. The van der Waals surface area contributed by atoms with E-state index in [4.69, 9.17) is 0 Å². The summed E-state index contributed by atoms with van der Waals surface area (Å²) in [6.07, 6.45) is 4.05. The zero-order valence-electron chi connectivity index (χ0n) is 11.6. The van der Waals surface area contributed by atoms with E-state index in [-0.39, 0.29) is 5.91 Å². The monoisotopic (exact) mass is 261 g/mol. The average Bonchev–Trinajstić information content (AvgIpc) is 2.44. The molecule has 104 valence electrons. The fourth-order valence-electron chi connectivity index (χ4n) is 2.48. The highest BCUT2D eigenvalue weighted by molar-refractivity contribution is 5.75. The highest BCUT2D eigenvalue weighted by Gasteiger charge is 2.14. The number of hydrogen-bond donors (Lipinski definition) is 2. The molecule has 1 amide bonds. The van der Waals surface area contributed by atoms with Gasteiger partial charge in [0.1, 0.15) is 0 Å². The van der Waals surface area contributed by atoms with Crippen LogP contribution in [0, 0.1) is 12.8 Å². The van der Waals surface area contributed by atoms with Crippen LogP contribution in [0.3, 0.4) is 0 Å². The largest absolute Gasteiger partial charge is 0.350 e. The number of nitrogens with one attached hydrogen (secondary N) is 2. The molecule has 1 aliphatic heterocycles. The summed E-state index contributed by atoms with van der Waals surface area (Å²) in [6.45, 7) is 4.69. The van der Waals surface area contributed by atoms with Crippen molar-refractivity contribution in [3.8, 4) is 0 Å². The highest BCUT2D eigenvalue weighted by Crippen LogP contribution is 2.17. The van der Waals surface area contributed by atoms with Crippen molar-refractivity contribution in [1.29, 1.82) is 0 Å². The minimum atomic E-state index is 0.141. The second kappa shape index (κ2) is 7.24. The van der Waals surface area contributed by atoms with E-state index in [0.717, 1.165) is 30.9 Å². The first-order valence-corrected chi connectivity index (χ1v) is 7.14. The molecule has 0 aliphatic carbocycles. The van der Waals surface area contributed by atoms with Crippen molar-refractivity contribution in [3.63, 3.8) is 0 Å². The Morgan fingerprint density at radius 2 is 2.21 bits per heavy atom. The Labute approximate surface area is 115 Å². The lowest BCUT2D eigenvalue weighted by molar-refractivity contribution is -0.121. The van der Waals surface area contributed by atoms with Crippen molar-refractivity contribution in [2.75, 3.05) is 13.1 Å². The third-order valence-corrected chi connectivity index (χ3v) is 3.65. The minimum Gasteiger partial charge on any atom is -0.350 e. The molecule has 19 heavy (non-hydrogen) atoms. The molecule has 0 unspecified atom stereocenters. The molecular formula is C15H23N3O. The SMILES string of the molecule is Cc1cccc(CNC(=O)CCC2CCNCC2)n1. The van der Waals surface area contributed by atoms with Gasteiger partial charge in [-0.05, 0) is 57.3 Å². The number of carbonyl (C=O) groups excluding carboxylic acids is 1. The minimum absolute atomic E-state index is 0.141. The van der Waals surface area contributed by atoms with E-state index >= 15 is 0 Å². The number of aryl methyl sites for hydroxylation is 1. The summed E-state index contributed by atoms with van der Waals surface area (Å²) >= 11 is 0. The third-order valence-electron chi connectivity index (χ3n) is 3.65. The number of piperidine rings is 1. The second-order valence-electron chi connectivity index (χ2n) is 5.28. The van der Waals surface area contributed by atoms with Gasteiger partial charge in [-0.1, -0.05) is 6.07 Å². The van der Waals surface area contributed by atoms with Crippen molar-refractivity contribution in [2.24, 2.45) is 5.92 Å². The van der Waals surface area contributed by atoms with Gasteiger partial charge in [0.2, 0.25) is 5.91 Å². The third kappa shape index (κ3) is 4.99. The first kappa shape index (κ1) is 14.0. The Kier molecular flexibility index (Phi) is 5.33. The van der Waals surface area contributed by atoms with Crippen LogP contribution >= 0.6 is 0 Å². The Hall–Kier alpha value is -1.42. The summed E-state index contributed by atoms with van der Waals surface area (Å²) in [5.74, 6) is 0.853. The molecule has 0 aromatic carbocycles. The van der Waals surface area contributed by atoms with Crippen molar-refractivity contribution in [2.45, 2.75) is 39.2 Å². The van der Waals surface area contributed by atoms with Crippen LogP contribution in [0.15, 0.2) is 18.2 Å². The summed E-state index contributed by atoms with van der Waals surface area (Å²) in [5.41, 5.74) is 1.91. The smallest absolute Gasteiger partial charge is 0.220 e. The topological polar surface area (TPSA) is 54.0 Å². The van der Waals surface area contributed by atoms with Crippen LogP contribution in [0.1, 0.15) is 37.1 Å². The van der Waals surface area contributed by atoms with Crippen molar-refractivity contribution in [3.05, 3.63) is 29.6 Å². The number of aromatic nitrogens is 1. The van der Waals surface area contributed by atoms with Crippen LogP contribution in [-0.2, 0) is 11.3 Å². The molecule has 0 saturated carbocycles. The van der Waals surface area contributed by atoms with E-state index < -0.39 is 0 Å². The Morgan fingerprint density at radius 1 is 1.42 bits per heavy atom. The van der Waals surface area contributed by atoms with Crippen LogP contribution in [-0.4, -0.2) is 24.0 Å². The first-order chi connectivity index (χ1) is 9.24. The van der Waals surface area contributed by atoms with E-state index in [1.54, 1.807) is 0 Å². The van der Waals surface area contributed by atoms with Gasteiger partial charge in [0.15, 0.2) is 0 Å². The van der Waals surface area contributed by atoms with Crippen molar-refractivity contribution in [1.82, 2.24) is 15.6 Å². The molecule has 1 saturated heterocycles. The predicted octanol–water partition coefficient (Wildman–Crippen LogP) is 1.79. The second-order valence-corrected chi connectivity index (χ2v) is 5.28. The van der Waals surface area contributed by atoms with Gasteiger partial charge in [-0.2, -0.15) is 0 Å². The predicted molar refractivity (Wildman–Crippen MR) is 75.6 cm³/mol. The molecular weight excluding hydrogens is 238 g/mol. The summed E-state index contributed by atoms with van der Waals surface area (Å²) in [4.78, 5) is 16.2. The Bertz CT molecular complexity index is 414. The Balaban J connectivity index is 1.66. The van der Waals surface area contributed by atoms with Crippen molar-refractivity contribution >= 4 is 5.91 Å². The summed E-state index contributed by atoms with van der Waals surface area (Å²) in [6, 6.07) is 5.88. The number of amides is 1. The lowest BCUT2D eigenvalue weighted by Gasteiger charge is -2.22. The van der Waals surface area contributed by atoms with Gasteiger partial charge in [0.25, 0.3) is 0 Å². The lowest BCUT2D eigenvalue weighted by atomic mass is 9.93. The maximum Gasteiger partial charge on any atom is 0.220 e. The molecule has 0 radical (unpaired) electrons. The normalized spacial score (nSPS) is 16.3. The lowest BCUT2D eigenvalue weighted by Crippen LogP contribution is -2.29. The van der Waals surface area contributed by atoms with Gasteiger partial charge < -0.3 is 10.6 Å². The zero-order valence-corrected chi connectivity index (χ0v) is 11.6. The van der Waals surface area contributed by atoms with E-state index in [2.05, 4.69) is 15.6 Å². The number of rotatable bonds is 5. The van der Waals surface area contributed by atoms with Gasteiger partial charge in [-0.3, -0.25) is 9.78 Å². The molecule has 4 heteroatoms. The molecule has 2 N–H and O–H groups in total. The van der Waals surface area contributed by atoms with E-state index in [9.17, 15) is 4.79 Å². The maximum absolute atomic E-state index is 11.8. The van der Waals surface area contributed by atoms with Crippen LogP contribution < -0.4 is 10.6 Å². The van der Waals surface area contributed by atoms with E-state index in [0.29, 0.717) is 18.9 Å². The van der Waals surface area contributed by atoms with Crippen LogP contribution in [0.4, 0.5) is 0 Å². The van der Waals surface area contributed by atoms with Crippen LogP contribution in [0.25, 0.3) is 0 Å². The van der Waals surface area contributed by atoms with E-state index in [1.807, 2.05) is 25.1 Å². The molecule has 0 spiro atoms. The van der Waals surface area contributed by atoms with E-state index in [1.165, 1.54) is 12.8 Å². The van der Waals surface area contributed by atoms with Crippen molar-refractivity contribution < 1.29 is 4.79 Å². The molecule has 1 aromatic rings. The van der Waals surface area contributed by atoms with Crippen LogP contribution in [0.2, 0.25) is 0 Å². The molecule has 0 atom stereocenters. The molecule has 1 aliphatic rings. The first-order valence-electron chi connectivity index (χ1n) is 7.14. The molecule has 2 rings (SSSR count). The maximum atomic E-state index is 11.8. The molecule has 1 aromatic heterocycles. The molecule has 0 bridgehead atoms. The van der Waals surface area contributed by atoms with Gasteiger partial charge in [-0.25, -0.2) is 0 Å². The number of pyridine rings is 1. The summed E-state index contributed by atoms with van der Waals surface area (Å²) in [7, 11) is 0. The standard InChI is InChI=1S/C15H23N3O/c1-12-3-2-4-14(18-12)11-17-15(19)6-5-13-7-9-16-10-8-13/h2-4,13,16H,5-11H2,1H3,(H,17,19). The van der Waals surface area contributed by atoms with Gasteiger partial charge in [-0.15, -0.1) is 0 Å². The van der Waals surface area contributed by atoms with Gasteiger partial charge >= 0.3 is 0 Å². The highest BCUT2D eigenvalue weighted by atomic mass is 16.1. The molecule has 1 fully saturated rings. The average molecular weight is 261 g/mol. The summed E-state index contributed by atoms with van der Waals surface area (Å²) < 4.78 is 0. The molecule has 2 heterocycles. The summed E-state index contributed by atoms with van der Waals surface area (Å²) in [5, 5.41) is 6.29. The van der Waals surface area contributed by atoms with Gasteiger partial charge in [0, 0.05) is 12.1 Å². The fourth-order valence-corrected chi connectivity index (χ4v) is 2.48. The van der Waals surface area contributed by atoms with Gasteiger partial charge in [0.05, 0.1) is 12.2 Å². The number of nitrogens with zero attached hydrogens (tertiary/aromatic N) is 1.